The quantitative estimate of drug-likeness (QED) is 0.886. The predicted molar refractivity (Wildman–Crippen MR) is 82.5 cm³/mol. The van der Waals surface area contributed by atoms with E-state index in [-0.39, 0.29) is 5.82 Å². The summed E-state index contributed by atoms with van der Waals surface area (Å²) in [4.78, 5) is 8.93. The second-order valence-corrected chi connectivity index (χ2v) is 5.71. The number of nitrogens with zero attached hydrogens (tertiary/aromatic N) is 2. The average molecular weight is 287 g/mol. The molecule has 0 atom stereocenters. The third kappa shape index (κ3) is 4.90. The van der Waals surface area contributed by atoms with Crippen molar-refractivity contribution in [3.63, 3.8) is 0 Å². The average Bonchev–Trinajstić information content (AvgIpc) is 2.40. The van der Waals surface area contributed by atoms with E-state index in [0.717, 1.165) is 17.9 Å². The summed E-state index contributed by atoms with van der Waals surface area (Å²) < 4.78 is 13.7. The first-order valence-corrected chi connectivity index (χ1v) is 7.32. The van der Waals surface area contributed by atoms with Crippen LogP contribution in [0.2, 0.25) is 0 Å². The number of rotatable bonds is 6. The molecule has 0 unspecified atom stereocenters. The molecule has 0 spiro atoms. The molecule has 0 amide bonds. The van der Waals surface area contributed by atoms with Crippen molar-refractivity contribution in [2.75, 3.05) is 6.54 Å². The van der Waals surface area contributed by atoms with E-state index in [1.54, 1.807) is 12.1 Å². The van der Waals surface area contributed by atoms with E-state index in [4.69, 9.17) is 0 Å². The molecular formula is C17H22FN3. The van der Waals surface area contributed by atoms with Crippen molar-refractivity contribution in [2.45, 2.75) is 33.7 Å². The number of hydrogen-bond acceptors (Lipinski definition) is 3. The minimum Gasteiger partial charge on any atom is -0.311 e. The molecule has 4 heteroatoms. The van der Waals surface area contributed by atoms with Gasteiger partial charge >= 0.3 is 0 Å². The monoisotopic (exact) mass is 287 g/mol. The Morgan fingerprint density at radius 3 is 2.67 bits per heavy atom. The highest BCUT2D eigenvalue weighted by molar-refractivity contribution is 5.22. The van der Waals surface area contributed by atoms with Crippen LogP contribution in [0.25, 0.3) is 0 Å². The highest BCUT2D eigenvalue weighted by Gasteiger charge is 2.07. The summed E-state index contributed by atoms with van der Waals surface area (Å²) in [6, 6.07) is 8.74. The van der Waals surface area contributed by atoms with Crippen LogP contribution in [-0.4, -0.2) is 16.5 Å². The molecule has 112 valence electrons. The van der Waals surface area contributed by atoms with Gasteiger partial charge in [0, 0.05) is 18.7 Å². The Bertz CT molecular complexity index is 596. The van der Waals surface area contributed by atoms with E-state index in [1.807, 2.05) is 19.1 Å². The number of hydrogen-bond donors (Lipinski definition) is 1. The van der Waals surface area contributed by atoms with Crippen LogP contribution in [0.1, 0.15) is 36.6 Å². The molecule has 0 aliphatic rings. The van der Waals surface area contributed by atoms with Gasteiger partial charge in [-0.1, -0.05) is 32.0 Å². The summed E-state index contributed by atoms with van der Waals surface area (Å²) in [5.74, 6) is 1.06. The van der Waals surface area contributed by atoms with Crippen LogP contribution in [0.5, 0.6) is 0 Å². The van der Waals surface area contributed by atoms with Crippen molar-refractivity contribution in [2.24, 2.45) is 5.92 Å². The molecule has 2 rings (SSSR count). The Morgan fingerprint density at radius 1 is 1.19 bits per heavy atom. The molecule has 1 aromatic carbocycles. The number of aromatic nitrogens is 2. The minimum absolute atomic E-state index is 0.206. The molecule has 0 saturated carbocycles. The molecule has 0 fully saturated rings. The first kappa shape index (κ1) is 15.6. The van der Waals surface area contributed by atoms with Gasteiger partial charge in [0.15, 0.2) is 0 Å². The van der Waals surface area contributed by atoms with Crippen LogP contribution in [-0.2, 0) is 13.0 Å². The standard InChI is InChI=1S/C17H22FN3/c1-12(2)10-19-11-15-8-13(3)20-17(21-15)9-14-6-4-5-7-16(14)18/h4-8,12,19H,9-11H2,1-3H3. The molecule has 3 nitrogen and oxygen atoms in total. The number of aryl methyl sites for hydroxylation is 1. The normalized spacial score (nSPS) is 11.1. The molecule has 1 aromatic heterocycles. The van der Waals surface area contributed by atoms with Gasteiger partial charge in [-0.05, 0) is 37.1 Å². The second-order valence-electron chi connectivity index (χ2n) is 5.71. The van der Waals surface area contributed by atoms with Crippen molar-refractivity contribution < 1.29 is 4.39 Å². The van der Waals surface area contributed by atoms with E-state index >= 15 is 0 Å². The fourth-order valence-electron chi connectivity index (χ4n) is 2.17. The predicted octanol–water partition coefficient (Wildman–Crippen LogP) is 3.26. The lowest BCUT2D eigenvalue weighted by atomic mass is 10.1. The lowest BCUT2D eigenvalue weighted by Crippen LogP contribution is -2.20. The van der Waals surface area contributed by atoms with Crippen LogP contribution in [0.4, 0.5) is 4.39 Å². The van der Waals surface area contributed by atoms with Gasteiger partial charge in [-0.25, -0.2) is 14.4 Å². The Hall–Kier alpha value is -1.81. The smallest absolute Gasteiger partial charge is 0.133 e. The van der Waals surface area contributed by atoms with Gasteiger partial charge in [-0.15, -0.1) is 0 Å². The van der Waals surface area contributed by atoms with Gasteiger partial charge in [-0.2, -0.15) is 0 Å². The molecule has 1 heterocycles. The maximum Gasteiger partial charge on any atom is 0.133 e. The van der Waals surface area contributed by atoms with Crippen molar-refractivity contribution in [1.29, 1.82) is 0 Å². The third-order valence-electron chi connectivity index (χ3n) is 3.12. The zero-order valence-corrected chi connectivity index (χ0v) is 12.9. The van der Waals surface area contributed by atoms with Crippen molar-refractivity contribution >= 4 is 0 Å². The maximum absolute atomic E-state index is 13.7. The molecule has 0 bridgehead atoms. The Kier molecular flexibility index (Phi) is 5.39. The summed E-state index contributed by atoms with van der Waals surface area (Å²) in [5.41, 5.74) is 2.50. The van der Waals surface area contributed by atoms with Crippen LogP contribution in [0.3, 0.4) is 0 Å². The fraction of sp³-hybridized carbons (Fsp3) is 0.412. The first-order valence-electron chi connectivity index (χ1n) is 7.32. The lowest BCUT2D eigenvalue weighted by molar-refractivity contribution is 0.546. The van der Waals surface area contributed by atoms with Gasteiger partial charge in [0.25, 0.3) is 0 Å². The van der Waals surface area contributed by atoms with E-state index in [2.05, 4.69) is 29.1 Å². The summed E-state index contributed by atoms with van der Waals surface area (Å²) >= 11 is 0. The largest absolute Gasteiger partial charge is 0.311 e. The van der Waals surface area contributed by atoms with Gasteiger partial charge in [0.1, 0.15) is 11.6 Å². The van der Waals surface area contributed by atoms with Crippen molar-refractivity contribution in [1.82, 2.24) is 15.3 Å². The number of benzene rings is 1. The topological polar surface area (TPSA) is 37.8 Å². The Morgan fingerprint density at radius 2 is 1.95 bits per heavy atom. The van der Waals surface area contributed by atoms with Gasteiger partial charge in [-0.3, -0.25) is 0 Å². The number of nitrogens with one attached hydrogen (secondary N) is 1. The summed E-state index contributed by atoms with van der Waals surface area (Å²) in [7, 11) is 0. The van der Waals surface area contributed by atoms with Gasteiger partial charge in [0.05, 0.1) is 5.69 Å². The summed E-state index contributed by atoms with van der Waals surface area (Å²) in [6.07, 6.45) is 0.422. The molecule has 0 radical (unpaired) electrons. The lowest BCUT2D eigenvalue weighted by Gasteiger charge is -2.09. The highest BCUT2D eigenvalue weighted by Crippen LogP contribution is 2.11. The molecule has 2 aromatic rings. The van der Waals surface area contributed by atoms with Crippen molar-refractivity contribution in [3.05, 3.63) is 58.9 Å². The summed E-state index contributed by atoms with van der Waals surface area (Å²) in [6.45, 7) is 7.94. The Labute approximate surface area is 125 Å². The minimum atomic E-state index is -0.206. The van der Waals surface area contributed by atoms with Gasteiger partial charge in [0.2, 0.25) is 0 Å². The molecule has 21 heavy (non-hydrogen) atoms. The Balaban J connectivity index is 2.10. The molecule has 0 saturated heterocycles. The van der Waals surface area contributed by atoms with Gasteiger partial charge < -0.3 is 5.32 Å². The number of halogens is 1. The molecule has 0 aliphatic carbocycles. The molecular weight excluding hydrogens is 265 g/mol. The van der Waals surface area contributed by atoms with Crippen molar-refractivity contribution in [3.8, 4) is 0 Å². The highest BCUT2D eigenvalue weighted by atomic mass is 19.1. The third-order valence-corrected chi connectivity index (χ3v) is 3.12. The molecule has 0 aliphatic heterocycles. The fourth-order valence-corrected chi connectivity index (χ4v) is 2.17. The molecule has 1 N–H and O–H groups in total. The SMILES string of the molecule is Cc1cc(CNCC(C)C)nc(Cc2ccccc2F)n1. The zero-order chi connectivity index (χ0) is 15.2. The van der Waals surface area contributed by atoms with Crippen LogP contribution in [0.15, 0.2) is 30.3 Å². The van der Waals surface area contributed by atoms with Crippen LogP contribution < -0.4 is 5.32 Å². The van der Waals surface area contributed by atoms with E-state index in [9.17, 15) is 4.39 Å². The van der Waals surface area contributed by atoms with Crippen LogP contribution >= 0.6 is 0 Å². The maximum atomic E-state index is 13.7. The first-order chi connectivity index (χ1) is 10.0. The van der Waals surface area contributed by atoms with Crippen LogP contribution in [0, 0.1) is 18.7 Å². The zero-order valence-electron chi connectivity index (χ0n) is 12.9. The second kappa shape index (κ2) is 7.27. The van der Waals surface area contributed by atoms with E-state index < -0.39 is 0 Å². The van der Waals surface area contributed by atoms with E-state index in [0.29, 0.717) is 30.3 Å². The van der Waals surface area contributed by atoms with E-state index in [1.165, 1.54) is 6.07 Å². The summed E-state index contributed by atoms with van der Waals surface area (Å²) in [5, 5.41) is 3.37.